The number of halogens is 1. The first-order valence-corrected chi connectivity index (χ1v) is 5.99. The van der Waals surface area contributed by atoms with Crippen molar-refractivity contribution in [3.05, 3.63) is 39.1 Å². The van der Waals surface area contributed by atoms with Gasteiger partial charge in [-0.25, -0.2) is 4.98 Å². The van der Waals surface area contributed by atoms with E-state index >= 15 is 0 Å². The molecule has 2 aromatic rings. The van der Waals surface area contributed by atoms with Crippen molar-refractivity contribution >= 4 is 33.1 Å². The van der Waals surface area contributed by atoms with Crippen LogP contribution in [0.3, 0.4) is 0 Å². The van der Waals surface area contributed by atoms with Gasteiger partial charge in [0.2, 0.25) is 0 Å². The molecule has 1 heterocycles. The molecule has 0 aliphatic rings. The first-order chi connectivity index (χ1) is 7.25. The van der Waals surface area contributed by atoms with Crippen LogP contribution in [-0.2, 0) is 6.61 Å². The van der Waals surface area contributed by atoms with E-state index in [0.29, 0.717) is 12.4 Å². The Morgan fingerprint density at radius 2 is 2.33 bits per heavy atom. The van der Waals surface area contributed by atoms with Gasteiger partial charge in [-0.05, 0) is 18.2 Å². The minimum atomic E-state index is 0.465. The molecule has 0 saturated heterocycles. The van der Waals surface area contributed by atoms with E-state index in [4.69, 9.17) is 10.5 Å². The fourth-order valence-corrected chi connectivity index (χ4v) is 2.06. The summed E-state index contributed by atoms with van der Waals surface area (Å²) < 4.78 is 6.57. The van der Waals surface area contributed by atoms with Crippen LogP contribution in [0.2, 0.25) is 0 Å². The number of anilines is 1. The maximum atomic E-state index is 5.64. The van der Waals surface area contributed by atoms with E-state index in [0.717, 1.165) is 15.1 Å². The lowest BCUT2D eigenvalue weighted by atomic mass is 10.3. The van der Waals surface area contributed by atoms with Gasteiger partial charge in [0.1, 0.15) is 18.2 Å². The highest BCUT2D eigenvalue weighted by molar-refractivity contribution is 9.10. The highest BCUT2D eigenvalue weighted by Crippen LogP contribution is 2.21. The predicted octanol–water partition coefficient (Wildman–Crippen LogP) is 3.07. The van der Waals surface area contributed by atoms with Crippen LogP contribution in [-0.4, -0.2) is 4.98 Å². The van der Waals surface area contributed by atoms with E-state index in [1.54, 1.807) is 5.51 Å². The molecule has 0 unspecified atom stereocenters. The SMILES string of the molecule is Nc1ncsc1COc1cccc(Br)c1. The monoisotopic (exact) mass is 284 g/mol. The zero-order chi connectivity index (χ0) is 10.7. The third kappa shape index (κ3) is 2.70. The Morgan fingerprint density at radius 1 is 1.47 bits per heavy atom. The van der Waals surface area contributed by atoms with Crippen LogP contribution in [0.5, 0.6) is 5.75 Å². The topological polar surface area (TPSA) is 48.1 Å². The molecule has 2 N–H and O–H groups in total. The van der Waals surface area contributed by atoms with E-state index in [9.17, 15) is 0 Å². The van der Waals surface area contributed by atoms with Crippen LogP contribution in [0.4, 0.5) is 5.82 Å². The van der Waals surface area contributed by atoms with Gasteiger partial charge in [-0.2, -0.15) is 0 Å². The zero-order valence-corrected chi connectivity index (χ0v) is 10.2. The minimum absolute atomic E-state index is 0.465. The minimum Gasteiger partial charge on any atom is -0.488 e. The molecule has 15 heavy (non-hydrogen) atoms. The second kappa shape index (κ2) is 4.63. The van der Waals surface area contributed by atoms with E-state index < -0.39 is 0 Å². The fraction of sp³-hybridized carbons (Fsp3) is 0.100. The summed E-state index contributed by atoms with van der Waals surface area (Å²) in [5, 5.41) is 0. The van der Waals surface area contributed by atoms with E-state index in [-0.39, 0.29) is 0 Å². The average Bonchev–Trinajstić information content (AvgIpc) is 2.61. The number of aromatic nitrogens is 1. The van der Waals surface area contributed by atoms with Crippen LogP contribution >= 0.6 is 27.3 Å². The van der Waals surface area contributed by atoms with Gasteiger partial charge in [0.25, 0.3) is 0 Å². The molecule has 1 aromatic heterocycles. The van der Waals surface area contributed by atoms with Crippen LogP contribution in [0, 0.1) is 0 Å². The highest BCUT2D eigenvalue weighted by atomic mass is 79.9. The largest absolute Gasteiger partial charge is 0.488 e. The molecular weight excluding hydrogens is 276 g/mol. The van der Waals surface area contributed by atoms with Gasteiger partial charge in [0.05, 0.1) is 10.4 Å². The highest BCUT2D eigenvalue weighted by Gasteiger charge is 2.03. The molecule has 0 aliphatic heterocycles. The maximum absolute atomic E-state index is 5.64. The molecule has 1 aromatic carbocycles. The Hall–Kier alpha value is -1.07. The second-order valence-electron chi connectivity index (χ2n) is 2.91. The normalized spacial score (nSPS) is 10.2. The molecule has 0 amide bonds. The van der Waals surface area contributed by atoms with Gasteiger partial charge in [-0.3, -0.25) is 0 Å². The summed E-state index contributed by atoms with van der Waals surface area (Å²) in [5.41, 5.74) is 7.36. The van der Waals surface area contributed by atoms with Crippen molar-refractivity contribution in [3.63, 3.8) is 0 Å². The average molecular weight is 285 g/mol. The third-order valence-electron chi connectivity index (χ3n) is 1.84. The second-order valence-corrected chi connectivity index (χ2v) is 4.76. The Morgan fingerprint density at radius 3 is 3.00 bits per heavy atom. The van der Waals surface area contributed by atoms with Crippen LogP contribution < -0.4 is 10.5 Å². The lowest BCUT2D eigenvalue weighted by molar-refractivity contribution is 0.310. The van der Waals surface area contributed by atoms with Gasteiger partial charge < -0.3 is 10.5 Å². The smallest absolute Gasteiger partial charge is 0.141 e. The molecule has 78 valence electrons. The van der Waals surface area contributed by atoms with Crippen molar-refractivity contribution in [1.29, 1.82) is 0 Å². The third-order valence-corrected chi connectivity index (χ3v) is 3.15. The molecule has 3 nitrogen and oxygen atoms in total. The molecule has 0 radical (unpaired) electrons. The Kier molecular flexibility index (Phi) is 3.23. The van der Waals surface area contributed by atoms with Gasteiger partial charge >= 0.3 is 0 Å². The molecule has 0 bridgehead atoms. The van der Waals surface area contributed by atoms with Gasteiger partial charge in [0, 0.05) is 4.47 Å². The number of nitrogens with zero attached hydrogens (tertiary/aromatic N) is 1. The lowest BCUT2D eigenvalue weighted by Gasteiger charge is -2.04. The molecule has 0 atom stereocenters. The number of hydrogen-bond donors (Lipinski definition) is 1. The number of rotatable bonds is 3. The zero-order valence-electron chi connectivity index (χ0n) is 7.81. The summed E-state index contributed by atoms with van der Waals surface area (Å²) >= 11 is 4.88. The van der Waals surface area contributed by atoms with E-state index in [1.807, 2.05) is 24.3 Å². The van der Waals surface area contributed by atoms with Crippen molar-refractivity contribution in [2.24, 2.45) is 0 Å². The molecule has 0 spiro atoms. The number of ether oxygens (including phenoxy) is 1. The van der Waals surface area contributed by atoms with Gasteiger partial charge in [-0.15, -0.1) is 11.3 Å². The quantitative estimate of drug-likeness (QED) is 0.942. The van der Waals surface area contributed by atoms with Gasteiger partial charge in [-0.1, -0.05) is 22.0 Å². The number of benzene rings is 1. The molecule has 0 aliphatic carbocycles. The van der Waals surface area contributed by atoms with Crippen molar-refractivity contribution in [3.8, 4) is 5.75 Å². The summed E-state index contributed by atoms with van der Waals surface area (Å²) in [6.07, 6.45) is 0. The number of nitrogen functional groups attached to an aromatic ring is 1. The maximum Gasteiger partial charge on any atom is 0.141 e. The number of hydrogen-bond acceptors (Lipinski definition) is 4. The number of nitrogens with two attached hydrogens (primary N) is 1. The van der Waals surface area contributed by atoms with Crippen molar-refractivity contribution in [1.82, 2.24) is 4.98 Å². The summed E-state index contributed by atoms with van der Waals surface area (Å²) in [5.74, 6) is 1.37. The standard InChI is InChI=1S/C10H9BrN2OS/c11-7-2-1-3-8(4-7)14-5-9-10(12)13-6-15-9/h1-4,6H,5,12H2. The summed E-state index contributed by atoms with van der Waals surface area (Å²) in [6, 6.07) is 7.70. The predicted molar refractivity (Wildman–Crippen MR) is 65.0 cm³/mol. The fourth-order valence-electron chi connectivity index (χ4n) is 1.09. The number of thiazole rings is 1. The van der Waals surface area contributed by atoms with Crippen molar-refractivity contribution in [2.75, 3.05) is 5.73 Å². The summed E-state index contributed by atoms with van der Waals surface area (Å²) in [4.78, 5) is 4.91. The van der Waals surface area contributed by atoms with E-state index in [1.165, 1.54) is 11.3 Å². The molecule has 5 heteroatoms. The first-order valence-electron chi connectivity index (χ1n) is 4.32. The molecular formula is C10H9BrN2OS. The Balaban J connectivity index is 2.02. The van der Waals surface area contributed by atoms with Crippen LogP contribution in [0.1, 0.15) is 4.88 Å². The molecule has 2 rings (SSSR count). The summed E-state index contributed by atoms with van der Waals surface area (Å²) in [6.45, 7) is 0.465. The first kappa shape index (κ1) is 10.4. The van der Waals surface area contributed by atoms with Crippen molar-refractivity contribution in [2.45, 2.75) is 6.61 Å². The molecule has 0 fully saturated rings. The van der Waals surface area contributed by atoms with E-state index in [2.05, 4.69) is 20.9 Å². The lowest BCUT2D eigenvalue weighted by Crippen LogP contribution is -1.97. The molecule has 0 saturated carbocycles. The van der Waals surface area contributed by atoms with Crippen molar-refractivity contribution < 1.29 is 4.74 Å². The Labute approximate surface area is 100 Å². The van der Waals surface area contributed by atoms with Crippen LogP contribution in [0.25, 0.3) is 0 Å². The summed E-state index contributed by atoms with van der Waals surface area (Å²) in [7, 11) is 0. The Bertz CT molecular complexity index is 458. The van der Waals surface area contributed by atoms with Gasteiger partial charge in [0.15, 0.2) is 0 Å². The van der Waals surface area contributed by atoms with Crippen LogP contribution in [0.15, 0.2) is 34.2 Å².